The molecule has 0 aromatic heterocycles. The minimum Gasteiger partial charge on any atom is -0.465 e. The van der Waals surface area contributed by atoms with Crippen LogP contribution in [-0.2, 0) is 28.6 Å². The SMILES string of the molecule is CCCCC/C=C\C/C=C\CCCCCCCC(=O)OCC(COC(=O)CCCN(C)C)COC(=O)C1CCC(C2CCC(CCCCC)CC2)CC1. The fraction of sp³-hybridized carbons (Fsp3) is 0.848. The summed E-state index contributed by atoms with van der Waals surface area (Å²) >= 11 is 0. The van der Waals surface area contributed by atoms with Crippen molar-refractivity contribution in [2.45, 2.75) is 181 Å². The third kappa shape index (κ3) is 24.1. The molecule has 2 fully saturated rings. The van der Waals surface area contributed by atoms with Crippen LogP contribution in [0.15, 0.2) is 24.3 Å². The summed E-state index contributed by atoms with van der Waals surface area (Å²) in [5, 5.41) is 0. The molecule has 0 spiro atoms. The van der Waals surface area contributed by atoms with Gasteiger partial charge in [-0.3, -0.25) is 14.4 Å². The molecule has 53 heavy (non-hydrogen) atoms. The molecule has 2 aliphatic rings. The molecule has 0 aliphatic heterocycles. The molecule has 2 saturated carbocycles. The van der Waals surface area contributed by atoms with Crippen molar-refractivity contribution in [2.75, 3.05) is 40.5 Å². The van der Waals surface area contributed by atoms with E-state index in [2.05, 4.69) is 38.2 Å². The lowest BCUT2D eigenvalue weighted by Gasteiger charge is -2.37. The number of esters is 3. The molecule has 0 bridgehead atoms. The zero-order valence-electron chi connectivity index (χ0n) is 34.8. The van der Waals surface area contributed by atoms with Gasteiger partial charge in [0.2, 0.25) is 0 Å². The fourth-order valence-corrected chi connectivity index (χ4v) is 8.11. The molecule has 1 unspecified atom stereocenters. The van der Waals surface area contributed by atoms with E-state index >= 15 is 0 Å². The lowest BCUT2D eigenvalue weighted by molar-refractivity contribution is -0.156. The Bertz CT molecular complexity index is 992. The summed E-state index contributed by atoms with van der Waals surface area (Å²) in [6, 6.07) is 0. The lowest BCUT2D eigenvalue weighted by atomic mass is 9.68. The van der Waals surface area contributed by atoms with Gasteiger partial charge in [0.1, 0.15) is 19.8 Å². The first-order chi connectivity index (χ1) is 25.8. The Kier molecular flexibility index (Phi) is 27.6. The number of hydrogen-bond acceptors (Lipinski definition) is 7. The molecule has 1 atom stereocenters. The Morgan fingerprint density at radius 3 is 1.70 bits per heavy atom. The average molecular weight is 744 g/mol. The van der Waals surface area contributed by atoms with Crippen molar-refractivity contribution in [1.29, 1.82) is 0 Å². The number of rotatable bonds is 30. The molecule has 0 heterocycles. The van der Waals surface area contributed by atoms with E-state index in [0.717, 1.165) is 88.5 Å². The number of unbranched alkanes of at least 4 members (excludes halogenated alkanes) is 10. The fourth-order valence-electron chi connectivity index (χ4n) is 8.11. The standard InChI is InChI=1S/C46H81NO6/c1-5-7-9-10-11-12-13-14-15-16-17-18-19-20-22-25-44(48)51-36-40(37-52-45(49)26-23-35-47(3)4)38-53-46(50)43-33-31-42(32-34-43)41-29-27-39(28-30-41)24-21-8-6-2/h11-12,14-15,39-43H,5-10,13,16-38H2,1-4H3/b12-11-,15-14-. The molecule has 0 N–H and O–H groups in total. The molecule has 7 heteroatoms. The largest absolute Gasteiger partial charge is 0.465 e. The maximum Gasteiger partial charge on any atom is 0.308 e. The first kappa shape index (κ1) is 47.0. The van der Waals surface area contributed by atoms with Crippen LogP contribution in [-0.4, -0.2) is 63.3 Å². The van der Waals surface area contributed by atoms with Crippen molar-refractivity contribution in [1.82, 2.24) is 4.90 Å². The van der Waals surface area contributed by atoms with Gasteiger partial charge in [-0.1, -0.05) is 109 Å². The summed E-state index contributed by atoms with van der Waals surface area (Å²) in [6.45, 7) is 5.60. The average Bonchev–Trinajstić information content (AvgIpc) is 3.16. The van der Waals surface area contributed by atoms with E-state index < -0.39 is 0 Å². The summed E-state index contributed by atoms with van der Waals surface area (Å²) in [6.07, 6.45) is 38.0. The van der Waals surface area contributed by atoms with E-state index in [-0.39, 0.29) is 49.6 Å². The molecule has 0 saturated heterocycles. The van der Waals surface area contributed by atoms with E-state index in [1.165, 1.54) is 89.9 Å². The summed E-state index contributed by atoms with van der Waals surface area (Å²) in [5.74, 6) is 1.41. The highest BCUT2D eigenvalue weighted by molar-refractivity contribution is 5.72. The van der Waals surface area contributed by atoms with Gasteiger partial charge in [0.25, 0.3) is 0 Å². The lowest BCUT2D eigenvalue weighted by Crippen LogP contribution is -2.31. The Labute approximate surface area is 325 Å². The highest BCUT2D eigenvalue weighted by Crippen LogP contribution is 2.42. The maximum atomic E-state index is 13.2. The smallest absolute Gasteiger partial charge is 0.308 e. The first-order valence-electron chi connectivity index (χ1n) is 22.2. The van der Waals surface area contributed by atoms with Crippen LogP contribution >= 0.6 is 0 Å². The molecule has 2 aliphatic carbocycles. The molecule has 306 valence electrons. The Morgan fingerprint density at radius 2 is 1.09 bits per heavy atom. The van der Waals surface area contributed by atoms with Gasteiger partial charge in [-0.05, 0) is 122 Å². The van der Waals surface area contributed by atoms with E-state index in [1.54, 1.807) is 0 Å². The minimum absolute atomic E-state index is 0.0632. The first-order valence-corrected chi connectivity index (χ1v) is 22.2. The van der Waals surface area contributed by atoms with E-state index in [1.807, 2.05) is 19.0 Å². The third-order valence-corrected chi connectivity index (χ3v) is 11.6. The normalized spacial score (nSPS) is 21.3. The summed E-state index contributed by atoms with van der Waals surface area (Å²) in [4.78, 5) is 40.2. The second kappa shape index (κ2) is 31.1. The van der Waals surface area contributed by atoms with E-state index in [9.17, 15) is 14.4 Å². The summed E-state index contributed by atoms with van der Waals surface area (Å²) < 4.78 is 17.0. The van der Waals surface area contributed by atoms with Gasteiger partial charge in [-0.2, -0.15) is 0 Å². The van der Waals surface area contributed by atoms with Gasteiger partial charge in [-0.25, -0.2) is 0 Å². The number of hydrogen-bond donors (Lipinski definition) is 0. The molecule has 0 aromatic rings. The van der Waals surface area contributed by atoms with Crippen molar-refractivity contribution in [2.24, 2.45) is 29.6 Å². The highest BCUT2D eigenvalue weighted by Gasteiger charge is 2.33. The monoisotopic (exact) mass is 744 g/mol. The van der Waals surface area contributed by atoms with Crippen LogP contribution in [0.4, 0.5) is 0 Å². The Hall–Kier alpha value is -2.15. The van der Waals surface area contributed by atoms with Crippen LogP contribution in [0.25, 0.3) is 0 Å². The molecule has 0 radical (unpaired) electrons. The maximum absolute atomic E-state index is 13.2. The zero-order valence-corrected chi connectivity index (χ0v) is 34.8. The van der Waals surface area contributed by atoms with Crippen LogP contribution in [0.5, 0.6) is 0 Å². The number of nitrogens with zero attached hydrogens (tertiary/aromatic N) is 1. The van der Waals surface area contributed by atoms with Gasteiger partial charge < -0.3 is 19.1 Å². The molecular formula is C46H81NO6. The van der Waals surface area contributed by atoms with Gasteiger partial charge in [0.05, 0.1) is 11.8 Å². The van der Waals surface area contributed by atoms with Gasteiger partial charge in [0, 0.05) is 12.8 Å². The minimum atomic E-state index is -0.367. The summed E-state index contributed by atoms with van der Waals surface area (Å²) in [5.41, 5.74) is 0. The van der Waals surface area contributed by atoms with Gasteiger partial charge >= 0.3 is 17.9 Å². The Balaban J connectivity index is 1.66. The molecule has 0 amide bonds. The van der Waals surface area contributed by atoms with Crippen LogP contribution in [0.2, 0.25) is 0 Å². The van der Waals surface area contributed by atoms with Crippen molar-refractivity contribution in [3.63, 3.8) is 0 Å². The zero-order chi connectivity index (χ0) is 38.4. The van der Waals surface area contributed by atoms with Crippen molar-refractivity contribution in [3.05, 3.63) is 24.3 Å². The van der Waals surface area contributed by atoms with Crippen molar-refractivity contribution >= 4 is 17.9 Å². The van der Waals surface area contributed by atoms with Crippen LogP contribution in [0.3, 0.4) is 0 Å². The molecular weight excluding hydrogens is 663 g/mol. The van der Waals surface area contributed by atoms with Crippen molar-refractivity contribution in [3.8, 4) is 0 Å². The predicted octanol–water partition coefficient (Wildman–Crippen LogP) is 11.6. The van der Waals surface area contributed by atoms with Crippen LogP contribution < -0.4 is 0 Å². The number of carbonyl (C=O) groups is 3. The molecule has 7 nitrogen and oxygen atoms in total. The van der Waals surface area contributed by atoms with Gasteiger partial charge in [0.15, 0.2) is 0 Å². The third-order valence-electron chi connectivity index (χ3n) is 11.6. The molecule has 2 rings (SSSR count). The highest BCUT2D eigenvalue weighted by atomic mass is 16.6. The van der Waals surface area contributed by atoms with Crippen LogP contribution in [0, 0.1) is 29.6 Å². The topological polar surface area (TPSA) is 82.1 Å². The number of carbonyl (C=O) groups excluding carboxylic acids is 3. The van der Waals surface area contributed by atoms with E-state index in [4.69, 9.17) is 14.2 Å². The molecule has 0 aromatic carbocycles. The van der Waals surface area contributed by atoms with Gasteiger partial charge in [-0.15, -0.1) is 0 Å². The van der Waals surface area contributed by atoms with E-state index in [0.29, 0.717) is 12.8 Å². The predicted molar refractivity (Wildman–Crippen MR) is 219 cm³/mol. The number of ether oxygens (including phenoxy) is 3. The van der Waals surface area contributed by atoms with Crippen molar-refractivity contribution < 1.29 is 28.6 Å². The van der Waals surface area contributed by atoms with Crippen LogP contribution in [0.1, 0.15) is 181 Å². The number of allylic oxidation sites excluding steroid dienone is 4. The quantitative estimate of drug-likeness (QED) is 0.0313. The second-order valence-corrected chi connectivity index (χ2v) is 16.6. The second-order valence-electron chi connectivity index (χ2n) is 16.6. The summed E-state index contributed by atoms with van der Waals surface area (Å²) in [7, 11) is 3.96. The Morgan fingerprint density at radius 1 is 0.585 bits per heavy atom.